The molecule has 0 atom stereocenters. The van der Waals surface area contributed by atoms with E-state index in [9.17, 15) is 18.0 Å². The normalized spacial score (nSPS) is 14.7. The number of hydrogen-bond acceptors (Lipinski definition) is 5. The predicted molar refractivity (Wildman–Crippen MR) is 73.9 cm³/mol. The Morgan fingerprint density at radius 1 is 1.39 bits per heavy atom. The number of aromatic nitrogens is 4. The van der Waals surface area contributed by atoms with Crippen molar-refractivity contribution >= 4 is 23.3 Å². The number of alkyl halides is 3. The van der Waals surface area contributed by atoms with E-state index >= 15 is 0 Å². The molecule has 0 fully saturated rings. The molecular formula is C12H10ClF3N6O. The van der Waals surface area contributed by atoms with Gasteiger partial charge in [-0.05, 0) is 6.07 Å². The van der Waals surface area contributed by atoms with Crippen molar-refractivity contribution in [3.63, 3.8) is 0 Å². The standard InChI is InChI=1S/C12H10ClF3N6O/c13-8-3-5(10(17)23)11(21-19-8)22-2-1-7-6(4-22)9(20-18-7)12(14,15)16/h3H,1-2,4H2,(H2,17,23)(H,18,20). The summed E-state index contributed by atoms with van der Waals surface area (Å²) in [4.78, 5) is 13.0. The maximum absolute atomic E-state index is 13.0. The second-order valence-corrected chi connectivity index (χ2v) is 5.35. The number of fused-ring (bicyclic) bond motifs is 1. The minimum atomic E-state index is -4.56. The highest BCUT2D eigenvalue weighted by atomic mass is 35.5. The van der Waals surface area contributed by atoms with Gasteiger partial charge in [0.1, 0.15) is 0 Å². The lowest BCUT2D eigenvalue weighted by Gasteiger charge is -2.28. The Balaban J connectivity index is 2.00. The molecule has 1 aliphatic heterocycles. The molecule has 0 aromatic carbocycles. The van der Waals surface area contributed by atoms with E-state index in [1.54, 1.807) is 0 Å². The first kappa shape index (κ1) is 15.5. The molecule has 1 amide bonds. The highest BCUT2D eigenvalue weighted by molar-refractivity contribution is 6.29. The van der Waals surface area contributed by atoms with Crippen molar-refractivity contribution in [2.45, 2.75) is 19.1 Å². The van der Waals surface area contributed by atoms with Crippen LogP contribution in [0.15, 0.2) is 6.07 Å². The predicted octanol–water partition coefficient (Wildman–Crippen LogP) is 1.53. The number of halogens is 4. The molecule has 2 aromatic rings. The molecule has 1 aliphatic rings. The number of carbonyl (C=O) groups is 1. The third kappa shape index (κ3) is 2.81. The van der Waals surface area contributed by atoms with E-state index in [-0.39, 0.29) is 28.6 Å². The Morgan fingerprint density at radius 3 is 2.78 bits per heavy atom. The fraction of sp³-hybridized carbons (Fsp3) is 0.333. The van der Waals surface area contributed by atoms with Crippen molar-refractivity contribution < 1.29 is 18.0 Å². The molecule has 11 heteroatoms. The zero-order valence-corrected chi connectivity index (χ0v) is 12.2. The Bertz CT molecular complexity index is 775. The number of anilines is 1. The molecule has 122 valence electrons. The van der Waals surface area contributed by atoms with Gasteiger partial charge in [-0.25, -0.2) is 0 Å². The van der Waals surface area contributed by atoms with Gasteiger partial charge in [-0.15, -0.1) is 10.2 Å². The van der Waals surface area contributed by atoms with Gasteiger partial charge < -0.3 is 10.6 Å². The third-order valence-electron chi connectivity index (χ3n) is 3.51. The van der Waals surface area contributed by atoms with Crippen molar-refractivity contribution in [2.75, 3.05) is 11.4 Å². The number of amides is 1. The summed E-state index contributed by atoms with van der Waals surface area (Å²) in [6, 6.07) is 1.24. The smallest absolute Gasteiger partial charge is 0.365 e. The van der Waals surface area contributed by atoms with Gasteiger partial charge in [0.15, 0.2) is 16.7 Å². The summed E-state index contributed by atoms with van der Waals surface area (Å²) in [5.41, 5.74) is 4.74. The van der Waals surface area contributed by atoms with Gasteiger partial charge in [0.25, 0.3) is 5.91 Å². The summed E-state index contributed by atoms with van der Waals surface area (Å²) in [5, 5.41) is 13.2. The zero-order chi connectivity index (χ0) is 16.8. The van der Waals surface area contributed by atoms with E-state index in [4.69, 9.17) is 17.3 Å². The highest BCUT2D eigenvalue weighted by Crippen LogP contribution is 2.35. The molecule has 0 spiro atoms. The summed E-state index contributed by atoms with van der Waals surface area (Å²) in [5.74, 6) is -0.687. The number of hydrogen-bond donors (Lipinski definition) is 2. The summed E-state index contributed by atoms with van der Waals surface area (Å²) >= 11 is 5.68. The number of H-pyrrole nitrogens is 1. The topological polar surface area (TPSA) is 101 Å². The minimum Gasteiger partial charge on any atom is -0.365 e. The molecule has 0 aliphatic carbocycles. The monoisotopic (exact) mass is 346 g/mol. The van der Waals surface area contributed by atoms with Gasteiger partial charge >= 0.3 is 6.18 Å². The van der Waals surface area contributed by atoms with Crippen molar-refractivity contribution in [3.8, 4) is 0 Å². The number of nitrogens with one attached hydrogen (secondary N) is 1. The molecule has 0 radical (unpaired) electrons. The number of nitrogens with two attached hydrogens (primary N) is 1. The molecule has 0 bridgehead atoms. The number of carbonyl (C=O) groups excluding carboxylic acids is 1. The van der Waals surface area contributed by atoms with Crippen LogP contribution >= 0.6 is 11.6 Å². The van der Waals surface area contributed by atoms with Crippen LogP contribution < -0.4 is 10.6 Å². The van der Waals surface area contributed by atoms with Crippen LogP contribution in [0.2, 0.25) is 5.15 Å². The first-order chi connectivity index (χ1) is 10.8. The molecule has 3 rings (SSSR count). The van der Waals surface area contributed by atoms with Crippen LogP contribution in [0.25, 0.3) is 0 Å². The van der Waals surface area contributed by atoms with E-state index in [0.717, 1.165) is 0 Å². The maximum Gasteiger partial charge on any atom is 0.435 e. The Hall–Kier alpha value is -2.36. The van der Waals surface area contributed by atoms with Crippen LogP contribution in [0.3, 0.4) is 0 Å². The van der Waals surface area contributed by atoms with E-state index < -0.39 is 17.8 Å². The zero-order valence-electron chi connectivity index (χ0n) is 11.5. The molecule has 3 heterocycles. The van der Waals surface area contributed by atoms with Crippen LogP contribution in [-0.2, 0) is 19.1 Å². The fourth-order valence-electron chi connectivity index (χ4n) is 2.49. The lowest BCUT2D eigenvalue weighted by atomic mass is 10.0. The maximum atomic E-state index is 13.0. The number of primary amides is 1. The first-order valence-electron chi connectivity index (χ1n) is 6.48. The van der Waals surface area contributed by atoms with Crippen LogP contribution in [0.1, 0.15) is 27.3 Å². The van der Waals surface area contributed by atoms with Gasteiger partial charge in [0.2, 0.25) is 0 Å². The largest absolute Gasteiger partial charge is 0.435 e. The van der Waals surface area contributed by atoms with E-state index in [1.165, 1.54) is 11.0 Å². The summed E-state index contributed by atoms with van der Waals surface area (Å²) in [7, 11) is 0. The van der Waals surface area contributed by atoms with Crippen LogP contribution in [0, 0.1) is 0 Å². The molecule has 7 nitrogen and oxygen atoms in total. The molecule has 23 heavy (non-hydrogen) atoms. The van der Waals surface area contributed by atoms with E-state index in [2.05, 4.69) is 20.4 Å². The lowest BCUT2D eigenvalue weighted by Crippen LogP contribution is -2.34. The average Bonchev–Trinajstić information content (AvgIpc) is 2.90. The second kappa shape index (κ2) is 5.37. The fourth-order valence-corrected chi connectivity index (χ4v) is 2.63. The Morgan fingerprint density at radius 2 is 2.13 bits per heavy atom. The minimum absolute atomic E-state index is 0.00510. The van der Waals surface area contributed by atoms with E-state index in [1.807, 2.05) is 0 Å². The lowest BCUT2D eigenvalue weighted by molar-refractivity contribution is -0.141. The second-order valence-electron chi connectivity index (χ2n) is 4.97. The summed E-state index contributed by atoms with van der Waals surface area (Å²) < 4.78 is 38.9. The first-order valence-corrected chi connectivity index (χ1v) is 6.86. The summed E-state index contributed by atoms with van der Waals surface area (Å²) in [6.45, 7) is 0.223. The van der Waals surface area contributed by atoms with Crippen molar-refractivity contribution in [2.24, 2.45) is 5.73 Å². The molecule has 0 saturated carbocycles. The molecule has 2 aromatic heterocycles. The average molecular weight is 347 g/mol. The van der Waals surface area contributed by atoms with Crippen molar-refractivity contribution in [1.82, 2.24) is 20.4 Å². The van der Waals surface area contributed by atoms with Crippen molar-refractivity contribution in [1.29, 1.82) is 0 Å². The van der Waals surface area contributed by atoms with Gasteiger partial charge in [0, 0.05) is 30.8 Å². The number of rotatable bonds is 2. The van der Waals surface area contributed by atoms with Gasteiger partial charge in [-0.1, -0.05) is 11.6 Å². The summed E-state index contributed by atoms with van der Waals surface area (Å²) in [6.07, 6.45) is -4.27. The molecule has 0 saturated heterocycles. The highest BCUT2D eigenvalue weighted by Gasteiger charge is 2.39. The number of nitrogens with zero attached hydrogens (tertiary/aromatic N) is 4. The van der Waals surface area contributed by atoms with Crippen LogP contribution in [0.4, 0.5) is 19.0 Å². The number of aromatic amines is 1. The Labute approximate surface area is 132 Å². The molecule has 0 unspecified atom stereocenters. The van der Waals surface area contributed by atoms with Gasteiger partial charge in [-0.2, -0.15) is 18.3 Å². The SMILES string of the molecule is NC(=O)c1cc(Cl)nnc1N1CCc2[nH]nc(C(F)(F)F)c2C1. The van der Waals surface area contributed by atoms with Crippen LogP contribution in [-0.4, -0.2) is 32.8 Å². The van der Waals surface area contributed by atoms with Crippen LogP contribution in [0.5, 0.6) is 0 Å². The Kier molecular flexibility index (Phi) is 3.63. The van der Waals surface area contributed by atoms with Crippen molar-refractivity contribution in [3.05, 3.63) is 33.7 Å². The third-order valence-corrected chi connectivity index (χ3v) is 3.70. The van der Waals surface area contributed by atoms with Gasteiger partial charge in [-0.3, -0.25) is 9.89 Å². The van der Waals surface area contributed by atoms with E-state index in [0.29, 0.717) is 18.7 Å². The van der Waals surface area contributed by atoms with Gasteiger partial charge in [0.05, 0.1) is 5.56 Å². The quantitative estimate of drug-likeness (QED) is 0.859. The molecular weight excluding hydrogens is 337 g/mol. The molecule has 3 N–H and O–H groups in total.